The number of anilines is 2. The molecule has 0 spiro atoms. The van der Waals surface area contributed by atoms with Gasteiger partial charge in [-0.15, -0.1) is 0 Å². The SMILES string of the molecule is COc1cc2ncnc(Nc3ccc(OCc4ccc(F)cc4)c(Cl)c3)c2cc1OC(C)=O. The number of esters is 1. The minimum absolute atomic E-state index is 0.254. The van der Waals surface area contributed by atoms with Gasteiger partial charge in [-0.2, -0.15) is 0 Å². The largest absolute Gasteiger partial charge is 0.493 e. The van der Waals surface area contributed by atoms with E-state index in [9.17, 15) is 9.18 Å². The highest BCUT2D eigenvalue weighted by Crippen LogP contribution is 2.36. The van der Waals surface area contributed by atoms with Crippen LogP contribution in [0.4, 0.5) is 15.9 Å². The number of nitrogens with one attached hydrogen (secondary N) is 1. The first-order valence-electron chi connectivity index (χ1n) is 9.88. The first-order valence-corrected chi connectivity index (χ1v) is 10.3. The molecule has 33 heavy (non-hydrogen) atoms. The summed E-state index contributed by atoms with van der Waals surface area (Å²) in [5.74, 6) is 0.851. The van der Waals surface area contributed by atoms with Crippen LogP contribution in [0.25, 0.3) is 10.9 Å². The smallest absolute Gasteiger partial charge is 0.308 e. The molecule has 168 valence electrons. The van der Waals surface area contributed by atoms with Gasteiger partial charge in [0, 0.05) is 24.1 Å². The highest BCUT2D eigenvalue weighted by Gasteiger charge is 2.14. The summed E-state index contributed by atoms with van der Waals surface area (Å²) in [6, 6.07) is 14.6. The second kappa shape index (κ2) is 9.70. The van der Waals surface area contributed by atoms with Crippen LogP contribution in [-0.4, -0.2) is 23.0 Å². The molecule has 9 heteroatoms. The van der Waals surface area contributed by atoms with E-state index in [-0.39, 0.29) is 18.2 Å². The molecule has 0 atom stereocenters. The van der Waals surface area contributed by atoms with Crippen LogP contribution in [0.15, 0.2) is 60.9 Å². The number of ether oxygens (including phenoxy) is 3. The molecule has 0 unspecified atom stereocenters. The highest BCUT2D eigenvalue weighted by molar-refractivity contribution is 6.32. The Morgan fingerprint density at radius 1 is 1.03 bits per heavy atom. The average Bonchev–Trinajstić information content (AvgIpc) is 2.79. The Morgan fingerprint density at radius 2 is 1.82 bits per heavy atom. The maximum absolute atomic E-state index is 13.0. The quantitative estimate of drug-likeness (QED) is 0.276. The number of rotatable bonds is 7. The number of halogens is 2. The Hall–Kier alpha value is -3.91. The molecule has 7 nitrogen and oxygen atoms in total. The first-order chi connectivity index (χ1) is 15.9. The number of aromatic nitrogens is 2. The fourth-order valence-electron chi connectivity index (χ4n) is 3.13. The summed E-state index contributed by atoms with van der Waals surface area (Å²) in [7, 11) is 1.48. The van der Waals surface area contributed by atoms with Crippen LogP contribution < -0.4 is 19.5 Å². The van der Waals surface area contributed by atoms with Gasteiger partial charge >= 0.3 is 5.97 Å². The molecule has 0 bridgehead atoms. The van der Waals surface area contributed by atoms with Gasteiger partial charge in [0.05, 0.1) is 17.6 Å². The third-order valence-electron chi connectivity index (χ3n) is 4.68. The van der Waals surface area contributed by atoms with Crippen LogP contribution in [0, 0.1) is 5.82 Å². The van der Waals surface area contributed by atoms with Gasteiger partial charge in [0.25, 0.3) is 0 Å². The van der Waals surface area contributed by atoms with Crippen molar-refractivity contribution in [1.29, 1.82) is 0 Å². The number of hydrogen-bond donors (Lipinski definition) is 1. The minimum atomic E-state index is -0.470. The lowest BCUT2D eigenvalue weighted by atomic mass is 10.2. The molecular weight excluding hydrogens is 449 g/mol. The molecule has 0 saturated heterocycles. The van der Waals surface area contributed by atoms with Gasteiger partial charge in [-0.05, 0) is 42.0 Å². The number of hydrogen-bond acceptors (Lipinski definition) is 7. The van der Waals surface area contributed by atoms with E-state index in [1.54, 1.807) is 42.5 Å². The lowest BCUT2D eigenvalue weighted by Gasteiger charge is -2.13. The van der Waals surface area contributed by atoms with Crippen molar-refractivity contribution >= 4 is 40.0 Å². The first kappa shape index (κ1) is 22.3. The third-order valence-corrected chi connectivity index (χ3v) is 4.97. The van der Waals surface area contributed by atoms with Crippen molar-refractivity contribution in [2.24, 2.45) is 0 Å². The molecule has 4 aromatic rings. The Morgan fingerprint density at radius 3 is 2.52 bits per heavy atom. The lowest BCUT2D eigenvalue weighted by Crippen LogP contribution is -2.04. The normalized spacial score (nSPS) is 10.7. The molecule has 0 amide bonds. The van der Waals surface area contributed by atoms with Crippen LogP contribution in [0.2, 0.25) is 5.02 Å². The molecule has 0 aliphatic rings. The molecule has 0 radical (unpaired) electrons. The fraction of sp³-hybridized carbons (Fsp3) is 0.125. The molecule has 0 aliphatic carbocycles. The predicted octanol–water partition coefficient (Wildman–Crippen LogP) is 5.68. The van der Waals surface area contributed by atoms with Gasteiger partial charge in [-0.25, -0.2) is 14.4 Å². The molecule has 1 aromatic heterocycles. The van der Waals surface area contributed by atoms with Crippen LogP contribution >= 0.6 is 11.6 Å². The molecule has 1 N–H and O–H groups in total. The monoisotopic (exact) mass is 467 g/mol. The Kier molecular flexibility index (Phi) is 6.55. The number of fused-ring (bicyclic) bond motifs is 1. The summed E-state index contributed by atoms with van der Waals surface area (Å²) >= 11 is 6.40. The van der Waals surface area contributed by atoms with Crippen LogP contribution in [0.3, 0.4) is 0 Å². The zero-order valence-corrected chi connectivity index (χ0v) is 18.5. The molecule has 0 aliphatic heterocycles. The molecule has 4 rings (SSSR count). The predicted molar refractivity (Wildman–Crippen MR) is 123 cm³/mol. The van der Waals surface area contributed by atoms with Gasteiger partial charge in [0.2, 0.25) is 0 Å². The van der Waals surface area contributed by atoms with Crippen molar-refractivity contribution in [3.8, 4) is 17.2 Å². The van der Waals surface area contributed by atoms with E-state index in [1.807, 2.05) is 0 Å². The summed E-state index contributed by atoms with van der Waals surface area (Å²) in [4.78, 5) is 20.0. The Balaban J connectivity index is 1.56. The van der Waals surface area contributed by atoms with E-state index in [4.69, 9.17) is 25.8 Å². The van der Waals surface area contributed by atoms with E-state index in [2.05, 4.69) is 15.3 Å². The third kappa shape index (κ3) is 5.30. The highest BCUT2D eigenvalue weighted by atomic mass is 35.5. The van der Waals surface area contributed by atoms with E-state index >= 15 is 0 Å². The van der Waals surface area contributed by atoms with Crippen LogP contribution in [0.5, 0.6) is 17.2 Å². The Labute approximate surface area is 194 Å². The number of benzene rings is 3. The van der Waals surface area contributed by atoms with Crippen molar-refractivity contribution in [3.05, 3.63) is 77.3 Å². The number of methoxy groups -OCH3 is 1. The number of carbonyl (C=O) groups is 1. The summed E-state index contributed by atoms with van der Waals surface area (Å²) < 4.78 is 29.3. The van der Waals surface area contributed by atoms with Gasteiger partial charge in [0.15, 0.2) is 11.5 Å². The van der Waals surface area contributed by atoms with Crippen LogP contribution in [-0.2, 0) is 11.4 Å². The second-order valence-electron chi connectivity index (χ2n) is 7.02. The molecule has 1 heterocycles. The summed E-state index contributed by atoms with van der Waals surface area (Å²) in [5, 5.41) is 4.22. The van der Waals surface area contributed by atoms with E-state index in [0.29, 0.717) is 38.9 Å². The van der Waals surface area contributed by atoms with Crippen molar-refractivity contribution in [2.45, 2.75) is 13.5 Å². The van der Waals surface area contributed by atoms with Crippen molar-refractivity contribution in [2.75, 3.05) is 12.4 Å². The van der Waals surface area contributed by atoms with Gasteiger partial charge in [0.1, 0.15) is 30.3 Å². The Bertz CT molecular complexity index is 1320. The number of carbonyl (C=O) groups excluding carboxylic acids is 1. The topological polar surface area (TPSA) is 82.6 Å². The van der Waals surface area contributed by atoms with Gasteiger partial charge < -0.3 is 19.5 Å². The number of nitrogens with zero attached hydrogens (tertiary/aromatic N) is 2. The van der Waals surface area contributed by atoms with Crippen molar-refractivity contribution in [3.63, 3.8) is 0 Å². The minimum Gasteiger partial charge on any atom is -0.493 e. The van der Waals surface area contributed by atoms with E-state index in [1.165, 1.54) is 32.5 Å². The second-order valence-corrected chi connectivity index (χ2v) is 7.43. The summed E-state index contributed by atoms with van der Waals surface area (Å²) in [5.41, 5.74) is 2.09. The average molecular weight is 468 g/mol. The summed E-state index contributed by atoms with van der Waals surface area (Å²) in [6.45, 7) is 1.57. The van der Waals surface area contributed by atoms with Crippen molar-refractivity contribution < 1.29 is 23.4 Å². The maximum atomic E-state index is 13.0. The van der Waals surface area contributed by atoms with Gasteiger partial charge in [-0.1, -0.05) is 23.7 Å². The molecule has 0 fully saturated rings. The zero-order valence-electron chi connectivity index (χ0n) is 17.8. The molecular formula is C24H19ClFN3O4. The van der Waals surface area contributed by atoms with Gasteiger partial charge in [-0.3, -0.25) is 4.79 Å². The van der Waals surface area contributed by atoms with Crippen molar-refractivity contribution in [1.82, 2.24) is 9.97 Å². The van der Waals surface area contributed by atoms with E-state index in [0.717, 1.165) is 5.56 Å². The fourth-order valence-corrected chi connectivity index (χ4v) is 3.37. The molecule has 3 aromatic carbocycles. The standard InChI is InChI=1S/C24H19ClFN3O4/c1-14(30)33-23-10-18-20(11-22(23)31-2)27-13-28-24(18)29-17-7-8-21(19(25)9-17)32-12-15-3-5-16(26)6-4-15/h3-11,13H,12H2,1-2H3,(H,27,28,29). The lowest BCUT2D eigenvalue weighted by molar-refractivity contribution is -0.132. The molecule has 0 saturated carbocycles. The summed E-state index contributed by atoms with van der Waals surface area (Å²) in [6.07, 6.45) is 1.41. The maximum Gasteiger partial charge on any atom is 0.308 e. The zero-order chi connectivity index (χ0) is 23.4. The van der Waals surface area contributed by atoms with Crippen LogP contribution in [0.1, 0.15) is 12.5 Å². The van der Waals surface area contributed by atoms with E-state index < -0.39 is 5.97 Å².